The molecule has 1 aromatic carbocycles. The fraction of sp³-hybridized carbons (Fsp3) is 0.588. The number of hydrogen-bond donors (Lipinski definition) is 1. The van der Waals surface area contributed by atoms with E-state index in [1.807, 2.05) is 11.8 Å². The fourth-order valence-corrected chi connectivity index (χ4v) is 5.37. The van der Waals surface area contributed by atoms with Gasteiger partial charge in [0.15, 0.2) is 0 Å². The number of halogens is 1. The Bertz CT molecular complexity index is 740. The average molecular weight is 386 g/mol. The summed E-state index contributed by atoms with van der Waals surface area (Å²) in [6, 6.07) is 6.29. The Morgan fingerprint density at radius 3 is 2.68 bits per heavy atom. The van der Waals surface area contributed by atoms with Crippen LogP contribution in [-0.2, 0) is 10.0 Å². The summed E-state index contributed by atoms with van der Waals surface area (Å²) >= 11 is 5.93. The lowest BCUT2D eigenvalue weighted by molar-refractivity contribution is 0.184. The van der Waals surface area contributed by atoms with Crippen molar-refractivity contribution in [2.24, 2.45) is 0 Å². The molecule has 2 saturated heterocycles. The van der Waals surface area contributed by atoms with Gasteiger partial charge in [-0.05, 0) is 50.8 Å². The molecule has 0 radical (unpaired) electrons. The van der Waals surface area contributed by atoms with Crippen molar-refractivity contribution in [2.75, 3.05) is 19.6 Å². The summed E-state index contributed by atoms with van der Waals surface area (Å²) in [5.41, 5.74) is 0. The summed E-state index contributed by atoms with van der Waals surface area (Å²) in [5, 5.41) is 3.41. The van der Waals surface area contributed by atoms with Gasteiger partial charge < -0.3 is 10.2 Å². The van der Waals surface area contributed by atoms with Crippen molar-refractivity contribution in [3.05, 3.63) is 29.3 Å². The van der Waals surface area contributed by atoms with Gasteiger partial charge in [0.2, 0.25) is 10.0 Å². The normalized spacial score (nSPS) is 25.1. The number of carbonyl (C=O) groups excluding carboxylic acids is 1. The van der Waals surface area contributed by atoms with Crippen LogP contribution in [0.2, 0.25) is 5.02 Å². The first-order valence-electron chi connectivity index (χ1n) is 8.71. The fourth-order valence-electron chi connectivity index (χ4n) is 3.55. The van der Waals surface area contributed by atoms with E-state index in [1.54, 1.807) is 18.2 Å². The lowest BCUT2D eigenvalue weighted by Gasteiger charge is -2.34. The third kappa shape index (κ3) is 4.10. The number of nitrogens with zero attached hydrogens (tertiary/aromatic N) is 2. The van der Waals surface area contributed by atoms with Gasteiger partial charge in [-0.15, -0.1) is 0 Å². The Morgan fingerprint density at radius 2 is 2.00 bits per heavy atom. The summed E-state index contributed by atoms with van der Waals surface area (Å²) in [7, 11) is -3.60. The van der Waals surface area contributed by atoms with E-state index in [2.05, 4.69) is 5.32 Å². The topological polar surface area (TPSA) is 69.7 Å². The summed E-state index contributed by atoms with van der Waals surface area (Å²) in [5.74, 6) is 0. The van der Waals surface area contributed by atoms with Crippen molar-refractivity contribution < 1.29 is 13.2 Å². The van der Waals surface area contributed by atoms with Crippen LogP contribution in [0.15, 0.2) is 29.2 Å². The summed E-state index contributed by atoms with van der Waals surface area (Å²) < 4.78 is 27.1. The van der Waals surface area contributed by atoms with Crippen molar-refractivity contribution >= 4 is 27.7 Å². The summed E-state index contributed by atoms with van der Waals surface area (Å²) in [6.07, 6.45) is 3.55. The number of rotatable bonds is 3. The van der Waals surface area contributed by atoms with Gasteiger partial charge in [-0.1, -0.05) is 17.7 Å². The third-order valence-corrected chi connectivity index (χ3v) is 7.06. The minimum absolute atomic E-state index is 0.0861. The molecule has 138 valence electrons. The number of urea groups is 1. The molecular weight excluding hydrogens is 362 g/mol. The van der Waals surface area contributed by atoms with Crippen LogP contribution in [0.4, 0.5) is 4.79 Å². The van der Waals surface area contributed by atoms with Crippen molar-refractivity contribution in [2.45, 2.75) is 49.6 Å². The second-order valence-corrected chi connectivity index (χ2v) is 9.17. The molecule has 2 aliphatic heterocycles. The molecule has 0 aromatic heterocycles. The Labute approximate surface area is 154 Å². The maximum Gasteiger partial charge on any atom is 0.317 e. The van der Waals surface area contributed by atoms with E-state index in [0.29, 0.717) is 18.1 Å². The molecule has 25 heavy (non-hydrogen) atoms. The average Bonchev–Trinajstić information content (AvgIpc) is 3.01. The van der Waals surface area contributed by atoms with Crippen LogP contribution in [0.5, 0.6) is 0 Å². The largest absolute Gasteiger partial charge is 0.334 e. The van der Waals surface area contributed by atoms with E-state index in [-0.39, 0.29) is 23.0 Å². The number of nitrogens with one attached hydrogen (secondary N) is 1. The quantitative estimate of drug-likeness (QED) is 0.869. The molecule has 0 aliphatic carbocycles. The first-order valence-corrected chi connectivity index (χ1v) is 10.5. The molecule has 0 spiro atoms. The molecule has 2 fully saturated rings. The zero-order valence-electron chi connectivity index (χ0n) is 14.3. The van der Waals surface area contributed by atoms with Crippen molar-refractivity contribution in [1.82, 2.24) is 14.5 Å². The first-order chi connectivity index (χ1) is 11.9. The van der Waals surface area contributed by atoms with Crippen LogP contribution >= 0.6 is 11.6 Å². The van der Waals surface area contributed by atoms with Gasteiger partial charge >= 0.3 is 6.03 Å². The van der Waals surface area contributed by atoms with Gasteiger partial charge in [0.1, 0.15) is 0 Å². The van der Waals surface area contributed by atoms with E-state index < -0.39 is 10.0 Å². The number of likely N-dealkylation sites (tertiary alicyclic amines) is 1. The second-order valence-electron chi connectivity index (χ2n) is 6.79. The van der Waals surface area contributed by atoms with Crippen molar-refractivity contribution in [1.29, 1.82) is 0 Å². The van der Waals surface area contributed by atoms with Gasteiger partial charge in [-0.25, -0.2) is 13.2 Å². The van der Waals surface area contributed by atoms with E-state index in [0.717, 1.165) is 32.2 Å². The highest BCUT2D eigenvalue weighted by Crippen LogP contribution is 2.23. The van der Waals surface area contributed by atoms with Crippen LogP contribution in [0.25, 0.3) is 0 Å². The molecule has 6 nitrogen and oxygen atoms in total. The van der Waals surface area contributed by atoms with Crippen molar-refractivity contribution in [3.63, 3.8) is 0 Å². The van der Waals surface area contributed by atoms with Crippen LogP contribution in [-0.4, -0.2) is 55.4 Å². The molecule has 2 aliphatic rings. The summed E-state index contributed by atoms with van der Waals surface area (Å²) in [6.45, 7) is 3.57. The minimum atomic E-state index is -3.60. The second kappa shape index (κ2) is 7.51. The number of carbonyl (C=O) groups is 1. The molecule has 0 bridgehead atoms. The molecule has 1 unspecified atom stereocenters. The highest BCUT2D eigenvalue weighted by molar-refractivity contribution is 7.89. The van der Waals surface area contributed by atoms with Crippen molar-refractivity contribution in [3.8, 4) is 0 Å². The number of sulfonamides is 1. The number of amides is 2. The van der Waals surface area contributed by atoms with Gasteiger partial charge in [-0.2, -0.15) is 4.31 Å². The molecule has 2 heterocycles. The molecule has 2 atom stereocenters. The van der Waals surface area contributed by atoms with Crippen LogP contribution in [0, 0.1) is 0 Å². The van der Waals surface area contributed by atoms with Gasteiger partial charge in [0, 0.05) is 36.7 Å². The zero-order chi connectivity index (χ0) is 18.0. The number of benzene rings is 1. The van der Waals surface area contributed by atoms with E-state index in [9.17, 15) is 13.2 Å². The lowest BCUT2D eigenvalue weighted by Crippen LogP contribution is -2.53. The number of hydrogen-bond acceptors (Lipinski definition) is 3. The molecule has 8 heteroatoms. The van der Waals surface area contributed by atoms with E-state index >= 15 is 0 Å². The predicted molar refractivity (Wildman–Crippen MR) is 97.2 cm³/mol. The Balaban J connectivity index is 1.67. The Hall–Kier alpha value is -1.31. The van der Waals surface area contributed by atoms with Gasteiger partial charge in [0.05, 0.1) is 4.90 Å². The molecule has 2 amide bonds. The standard InChI is InChI=1S/C17H24ClN3O3S/c1-13-5-3-10-21(13)17(22)19-15-7-4-9-20(12-15)25(23,24)16-8-2-6-14(18)11-16/h2,6,8,11,13,15H,3-5,7,9-10,12H2,1H3,(H,19,22)/t13?,15-/m0/s1. The van der Waals surface area contributed by atoms with Crippen LogP contribution in [0.3, 0.4) is 0 Å². The molecule has 0 saturated carbocycles. The lowest BCUT2D eigenvalue weighted by atomic mass is 10.1. The highest BCUT2D eigenvalue weighted by atomic mass is 35.5. The van der Waals surface area contributed by atoms with Gasteiger partial charge in [0.25, 0.3) is 0 Å². The minimum Gasteiger partial charge on any atom is -0.334 e. The molecule has 3 rings (SSSR count). The third-order valence-electron chi connectivity index (χ3n) is 4.96. The van der Waals surface area contributed by atoms with Crippen LogP contribution in [0.1, 0.15) is 32.6 Å². The summed E-state index contributed by atoms with van der Waals surface area (Å²) in [4.78, 5) is 14.5. The first kappa shape index (κ1) is 18.5. The number of piperidine rings is 1. The maximum absolute atomic E-state index is 12.8. The Kier molecular flexibility index (Phi) is 5.55. The molecule has 1 aromatic rings. The van der Waals surface area contributed by atoms with Crippen LogP contribution < -0.4 is 5.32 Å². The zero-order valence-corrected chi connectivity index (χ0v) is 15.9. The maximum atomic E-state index is 12.8. The van der Waals surface area contributed by atoms with E-state index in [4.69, 9.17) is 11.6 Å². The SMILES string of the molecule is CC1CCCN1C(=O)N[C@H]1CCCN(S(=O)(=O)c2cccc(Cl)c2)C1. The predicted octanol–water partition coefficient (Wildman–Crippen LogP) is 2.69. The highest BCUT2D eigenvalue weighted by Gasteiger charge is 2.33. The van der Waals surface area contributed by atoms with E-state index in [1.165, 1.54) is 10.4 Å². The monoisotopic (exact) mass is 385 g/mol. The smallest absolute Gasteiger partial charge is 0.317 e. The molecular formula is C17H24ClN3O3S. The molecule has 1 N–H and O–H groups in total. The van der Waals surface area contributed by atoms with Gasteiger partial charge in [-0.3, -0.25) is 0 Å². The Morgan fingerprint density at radius 1 is 1.24 bits per heavy atom.